The van der Waals surface area contributed by atoms with Crippen LogP contribution in [0.4, 0.5) is 0 Å². The fraction of sp³-hybridized carbons (Fsp3) is 0.789. The van der Waals surface area contributed by atoms with E-state index >= 15 is 0 Å². The van der Waals surface area contributed by atoms with Crippen molar-refractivity contribution in [3.8, 4) is 0 Å². The second-order valence-electron chi connectivity index (χ2n) is 7.51. The Labute approximate surface area is 145 Å². The number of nitrogens with one attached hydrogen (secondary N) is 2. The molecule has 2 aliphatic carbocycles. The zero-order valence-corrected chi connectivity index (χ0v) is 15.4. The summed E-state index contributed by atoms with van der Waals surface area (Å²) < 4.78 is 5.23. The van der Waals surface area contributed by atoms with E-state index in [1.54, 1.807) is 0 Å². The molecule has 134 valence electrons. The van der Waals surface area contributed by atoms with Crippen molar-refractivity contribution in [2.45, 2.75) is 71.3 Å². The highest BCUT2D eigenvalue weighted by atomic mass is 16.5. The van der Waals surface area contributed by atoms with Crippen molar-refractivity contribution >= 4 is 5.96 Å². The Kier molecular flexibility index (Phi) is 5.80. The monoisotopic (exact) mass is 332 g/mol. The number of hydrogen-bond acceptors (Lipinski definition) is 3. The zero-order valence-electron chi connectivity index (χ0n) is 15.4. The normalized spacial score (nSPS) is 27.6. The van der Waals surface area contributed by atoms with Crippen molar-refractivity contribution in [3.05, 3.63) is 17.0 Å². The maximum absolute atomic E-state index is 5.23. The lowest BCUT2D eigenvalue weighted by Gasteiger charge is -2.39. The van der Waals surface area contributed by atoms with E-state index in [-0.39, 0.29) is 0 Å². The number of aromatic nitrogens is 1. The first kappa shape index (κ1) is 17.3. The molecular weight excluding hydrogens is 300 g/mol. The molecule has 3 rings (SSSR count). The third-order valence-corrected chi connectivity index (χ3v) is 5.95. The Hall–Kier alpha value is -1.52. The molecule has 1 aromatic rings. The molecule has 0 radical (unpaired) electrons. The van der Waals surface area contributed by atoms with E-state index in [9.17, 15) is 0 Å². The Morgan fingerprint density at radius 3 is 2.67 bits per heavy atom. The Bertz CT molecular complexity index is 546. The van der Waals surface area contributed by atoms with Crippen molar-refractivity contribution in [1.82, 2.24) is 15.8 Å². The van der Waals surface area contributed by atoms with Crippen molar-refractivity contribution in [2.24, 2.45) is 16.8 Å². The maximum Gasteiger partial charge on any atom is 0.191 e. The highest BCUT2D eigenvalue weighted by molar-refractivity contribution is 5.79. The predicted octanol–water partition coefficient (Wildman–Crippen LogP) is 3.36. The van der Waals surface area contributed by atoms with Crippen LogP contribution in [0.3, 0.4) is 0 Å². The molecule has 5 nitrogen and oxygen atoms in total. The first-order valence-electron chi connectivity index (χ1n) is 9.56. The molecule has 0 spiro atoms. The second-order valence-corrected chi connectivity index (χ2v) is 7.51. The first-order chi connectivity index (χ1) is 11.7. The fourth-order valence-electron chi connectivity index (χ4n) is 4.56. The van der Waals surface area contributed by atoms with Gasteiger partial charge in [-0.25, -0.2) is 0 Å². The van der Waals surface area contributed by atoms with Crippen LogP contribution >= 0.6 is 0 Å². The second kappa shape index (κ2) is 8.04. The van der Waals surface area contributed by atoms with Crippen LogP contribution in [-0.2, 0) is 6.42 Å². The van der Waals surface area contributed by atoms with Gasteiger partial charge in [0.15, 0.2) is 5.96 Å². The number of hydrogen-bond donors (Lipinski definition) is 2. The Balaban J connectivity index is 1.45. The summed E-state index contributed by atoms with van der Waals surface area (Å²) in [5.41, 5.74) is 2.20. The Morgan fingerprint density at radius 1 is 1.17 bits per heavy atom. The maximum atomic E-state index is 5.23. The molecule has 3 unspecified atom stereocenters. The van der Waals surface area contributed by atoms with Crippen molar-refractivity contribution in [2.75, 3.05) is 13.6 Å². The largest absolute Gasteiger partial charge is 0.361 e. The summed E-state index contributed by atoms with van der Waals surface area (Å²) in [6, 6.07) is 0.578. The number of nitrogens with zero attached hydrogens (tertiary/aromatic N) is 2. The van der Waals surface area contributed by atoms with Gasteiger partial charge in [0.2, 0.25) is 0 Å². The van der Waals surface area contributed by atoms with Gasteiger partial charge in [-0.1, -0.05) is 30.8 Å². The average Bonchev–Trinajstić information content (AvgIpc) is 2.92. The molecule has 24 heavy (non-hydrogen) atoms. The molecule has 0 bridgehead atoms. The SMILES string of the molecule is CN=C(NCCc1c(C)noc1C)NC1CCC2CCCCC2C1. The number of aliphatic imine (C=N–C) groups is 1. The standard InChI is InChI=1S/C19H32N4O/c1-13-18(14(2)24-23-13)10-11-21-19(20-3)22-17-9-8-15-6-4-5-7-16(15)12-17/h15-17H,4-12H2,1-3H3,(H2,20,21,22). The van der Waals surface area contributed by atoms with Gasteiger partial charge < -0.3 is 15.2 Å². The molecule has 2 fully saturated rings. The lowest BCUT2D eigenvalue weighted by molar-refractivity contribution is 0.150. The lowest BCUT2D eigenvalue weighted by atomic mass is 9.69. The van der Waals surface area contributed by atoms with E-state index in [1.807, 2.05) is 20.9 Å². The number of guanidine groups is 1. The van der Waals surface area contributed by atoms with Gasteiger partial charge in [0, 0.05) is 25.2 Å². The van der Waals surface area contributed by atoms with Gasteiger partial charge in [0.05, 0.1) is 5.69 Å². The van der Waals surface area contributed by atoms with Crippen LogP contribution in [0.5, 0.6) is 0 Å². The molecule has 2 saturated carbocycles. The Morgan fingerprint density at radius 2 is 1.96 bits per heavy atom. The van der Waals surface area contributed by atoms with Gasteiger partial charge in [0.1, 0.15) is 5.76 Å². The molecule has 1 aromatic heterocycles. The van der Waals surface area contributed by atoms with Gasteiger partial charge in [0.25, 0.3) is 0 Å². The molecule has 0 aromatic carbocycles. The number of rotatable bonds is 4. The van der Waals surface area contributed by atoms with E-state index < -0.39 is 0 Å². The third kappa shape index (κ3) is 4.11. The minimum Gasteiger partial charge on any atom is -0.361 e. The molecule has 5 heteroatoms. The third-order valence-electron chi connectivity index (χ3n) is 5.95. The van der Waals surface area contributed by atoms with Gasteiger partial charge in [-0.05, 0) is 51.4 Å². The lowest BCUT2D eigenvalue weighted by Crippen LogP contribution is -2.47. The topological polar surface area (TPSA) is 62.5 Å². The van der Waals surface area contributed by atoms with Gasteiger partial charge >= 0.3 is 0 Å². The highest BCUT2D eigenvalue weighted by Crippen LogP contribution is 2.40. The molecule has 2 N–H and O–H groups in total. The van der Waals surface area contributed by atoms with Gasteiger partial charge in [-0.2, -0.15) is 0 Å². The van der Waals surface area contributed by atoms with Crippen LogP contribution in [0.25, 0.3) is 0 Å². The van der Waals surface area contributed by atoms with Crippen LogP contribution in [-0.4, -0.2) is 30.8 Å². The minimum absolute atomic E-state index is 0.578. The molecule has 3 atom stereocenters. The van der Waals surface area contributed by atoms with E-state index in [0.717, 1.165) is 42.2 Å². The van der Waals surface area contributed by atoms with Crippen molar-refractivity contribution in [1.29, 1.82) is 0 Å². The molecule has 0 saturated heterocycles. The van der Waals surface area contributed by atoms with E-state index in [1.165, 1.54) is 50.5 Å². The summed E-state index contributed by atoms with van der Waals surface area (Å²) in [4.78, 5) is 4.41. The summed E-state index contributed by atoms with van der Waals surface area (Å²) in [6.45, 7) is 4.83. The van der Waals surface area contributed by atoms with Gasteiger partial charge in [-0.15, -0.1) is 0 Å². The van der Waals surface area contributed by atoms with E-state index in [4.69, 9.17) is 4.52 Å². The van der Waals surface area contributed by atoms with E-state index in [0.29, 0.717) is 6.04 Å². The summed E-state index contributed by atoms with van der Waals surface area (Å²) in [6.07, 6.45) is 10.7. The van der Waals surface area contributed by atoms with Crippen LogP contribution < -0.4 is 10.6 Å². The zero-order chi connectivity index (χ0) is 16.9. The van der Waals surface area contributed by atoms with Crippen LogP contribution in [0.1, 0.15) is 62.0 Å². The van der Waals surface area contributed by atoms with Crippen LogP contribution in [0.2, 0.25) is 0 Å². The molecule has 0 amide bonds. The summed E-state index contributed by atoms with van der Waals surface area (Å²) >= 11 is 0. The van der Waals surface area contributed by atoms with Crippen molar-refractivity contribution < 1.29 is 4.52 Å². The minimum atomic E-state index is 0.578. The molecule has 1 heterocycles. The summed E-state index contributed by atoms with van der Waals surface area (Å²) in [5, 5.41) is 11.1. The molecule has 2 aliphatic rings. The summed E-state index contributed by atoms with van der Waals surface area (Å²) in [5.74, 6) is 3.78. The van der Waals surface area contributed by atoms with Gasteiger partial charge in [-0.3, -0.25) is 4.99 Å². The number of aryl methyl sites for hydroxylation is 2. The predicted molar refractivity (Wildman–Crippen MR) is 97.3 cm³/mol. The molecule has 0 aliphatic heterocycles. The van der Waals surface area contributed by atoms with Crippen LogP contribution in [0, 0.1) is 25.7 Å². The smallest absolute Gasteiger partial charge is 0.191 e. The number of fused-ring (bicyclic) bond motifs is 1. The van der Waals surface area contributed by atoms with E-state index in [2.05, 4.69) is 20.8 Å². The molecular formula is C19H32N4O. The first-order valence-corrected chi connectivity index (χ1v) is 9.56. The quantitative estimate of drug-likeness (QED) is 0.655. The fourth-order valence-corrected chi connectivity index (χ4v) is 4.56. The van der Waals surface area contributed by atoms with Crippen LogP contribution in [0.15, 0.2) is 9.52 Å². The van der Waals surface area contributed by atoms with Crippen molar-refractivity contribution in [3.63, 3.8) is 0 Å². The summed E-state index contributed by atoms with van der Waals surface area (Å²) in [7, 11) is 1.86. The highest BCUT2D eigenvalue weighted by Gasteiger charge is 2.32. The average molecular weight is 332 g/mol.